The Bertz CT molecular complexity index is 1400. The number of hydrogen-bond acceptors (Lipinski definition) is 8. The Morgan fingerprint density at radius 3 is 2.71 bits per heavy atom. The molecule has 2 fully saturated rings. The molecule has 2 amide bonds. The third kappa shape index (κ3) is 5.06. The van der Waals surface area contributed by atoms with Crippen LogP contribution >= 0.6 is 11.6 Å². The number of ether oxygens (including phenoxy) is 1. The van der Waals surface area contributed by atoms with Crippen molar-refractivity contribution in [3.05, 3.63) is 53.3 Å². The van der Waals surface area contributed by atoms with Crippen molar-refractivity contribution in [2.24, 2.45) is 0 Å². The van der Waals surface area contributed by atoms with Crippen LogP contribution in [-0.2, 0) is 9.59 Å². The molecule has 0 radical (unpaired) electrons. The van der Waals surface area contributed by atoms with Gasteiger partial charge in [-0.1, -0.05) is 30.3 Å². The number of hydrogen-bond donors (Lipinski definition) is 2. The topological polar surface area (TPSA) is 107 Å². The number of aromatic nitrogens is 1. The SMILES string of the molecule is C=CC(=O)N1CCN2C(=O)c3c(N4CC(NCCNC)C(=O)C4(C)C)nc(-c4ccccc4F)c(Cl)c3OC[C@H]2C1. The monoisotopic (exact) mass is 584 g/mol. The van der Waals surface area contributed by atoms with E-state index in [1.807, 2.05) is 7.05 Å². The summed E-state index contributed by atoms with van der Waals surface area (Å²) >= 11 is 6.85. The number of anilines is 1. The molecule has 0 spiro atoms. The molecule has 0 aliphatic carbocycles. The van der Waals surface area contributed by atoms with Crippen molar-refractivity contribution in [1.82, 2.24) is 25.4 Å². The number of Topliss-reactive ketones (excluding diaryl/α,β-unsaturated/α-hetero) is 1. The first kappa shape index (κ1) is 29.0. The Morgan fingerprint density at radius 2 is 2.00 bits per heavy atom. The van der Waals surface area contributed by atoms with Gasteiger partial charge in [0.1, 0.15) is 28.8 Å². The highest BCUT2D eigenvalue weighted by Gasteiger charge is 2.50. The number of piperazine rings is 1. The van der Waals surface area contributed by atoms with Crippen molar-refractivity contribution >= 4 is 35.0 Å². The molecule has 3 aliphatic heterocycles. The van der Waals surface area contributed by atoms with Crippen molar-refractivity contribution in [3.63, 3.8) is 0 Å². The maximum atomic E-state index is 15.1. The Balaban J connectivity index is 1.64. The van der Waals surface area contributed by atoms with Gasteiger partial charge in [-0.05, 0) is 39.1 Å². The Morgan fingerprint density at radius 1 is 1.24 bits per heavy atom. The minimum absolute atomic E-state index is 0.00750. The number of pyridine rings is 1. The van der Waals surface area contributed by atoms with E-state index in [0.29, 0.717) is 19.6 Å². The summed E-state index contributed by atoms with van der Waals surface area (Å²) in [5.74, 6) is -0.891. The summed E-state index contributed by atoms with van der Waals surface area (Å²) in [4.78, 5) is 50.0. The average Bonchev–Trinajstić information content (AvgIpc) is 3.09. The lowest BCUT2D eigenvalue weighted by Gasteiger charge is -2.40. The van der Waals surface area contributed by atoms with Crippen LogP contribution in [0.15, 0.2) is 36.9 Å². The van der Waals surface area contributed by atoms with E-state index in [0.717, 1.165) is 0 Å². The zero-order valence-corrected chi connectivity index (χ0v) is 24.1. The second-order valence-electron chi connectivity index (χ2n) is 10.9. The second-order valence-corrected chi connectivity index (χ2v) is 11.3. The molecule has 2 N–H and O–H groups in total. The second kappa shape index (κ2) is 11.4. The van der Waals surface area contributed by atoms with Crippen LogP contribution < -0.4 is 20.3 Å². The van der Waals surface area contributed by atoms with Crippen LogP contribution in [0.5, 0.6) is 5.75 Å². The highest BCUT2D eigenvalue weighted by atomic mass is 35.5. The normalized spacial score (nSPS) is 21.7. The van der Waals surface area contributed by atoms with E-state index in [4.69, 9.17) is 21.3 Å². The van der Waals surface area contributed by atoms with Gasteiger partial charge in [0.25, 0.3) is 5.91 Å². The molecule has 1 unspecified atom stereocenters. The molecular weight excluding hydrogens is 551 g/mol. The highest BCUT2D eigenvalue weighted by Crippen LogP contribution is 2.46. The summed E-state index contributed by atoms with van der Waals surface area (Å²) in [6, 6.07) is 5.15. The third-order valence-corrected chi connectivity index (χ3v) is 8.40. The fourth-order valence-corrected chi connectivity index (χ4v) is 6.03. The van der Waals surface area contributed by atoms with Crippen LogP contribution in [0.4, 0.5) is 10.2 Å². The predicted molar refractivity (Wildman–Crippen MR) is 154 cm³/mol. The minimum Gasteiger partial charge on any atom is -0.489 e. The number of fused-ring (bicyclic) bond motifs is 2. The van der Waals surface area contributed by atoms with Crippen molar-refractivity contribution in [3.8, 4) is 17.0 Å². The minimum atomic E-state index is -1.04. The number of benzene rings is 1. The van der Waals surface area contributed by atoms with E-state index >= 15 is 4.39 Å². The molecule has 3 aliphatic rings. The highest BCUT2D eigenvalue weighted by molar-refractivity contribution is 6.35. The molecule has 0 bridgehead atoms. The van der Waals surface area contributed by atoms with Crippen LogP contribution in [0, 0.1) is 5.82 Å². The average molecular weight is 585 g/mol. The van der Waals surface area contributed by atoms with Crippen molar-refractivity contribution in [2.75, 3.05) is 57.8 Å². The molecule has 4 heterocycles. The number of nitrogens with zero attached hydrogens (tertiary/aromatic N) is 4. The molecule has 41 heavy (non-hydrogen) atoms. The molecule has 1 aromatic heterocycles. The zero-order chi connectivity index (χ0) is 29.5. The molecule has 218 valence electrons. The molecule has 5 rings (SSSR count). The zero-order valence-electron chi connectivity index (χ0n) is 23.4. The number of ketones is 1. The molecule has 2 aromatic rings. The van der Waals surface area contributed by atoms with Gasteiger partial charge in [-0.25, -0.2) is 9.37 Å². The number of carbonyl (C=O) groups excluding carboxylic acids is 3. The van der Waals surface area contributed by atoms with Gasteiger partial charge < -0.3 is 30.1 Å². The molecule has 12 heteroatoms. The Hall–Kier alpha value is -3.54. The summed E-state index contributed by atoms with van der Waals surface area (Å²) in [5, 5.41) is 6.35. The first-order valence-corrected chi connectivity index (χ1v) is 14.0. The van der Waals surface area contributed by atoms with Gasteiger partial charge >= 0.3 is 0 Å². The van der Waals surface area contributed by atoms with E-state index in [1.54, 1.807) is 46.7 Å². The lowest BCUT2D eigenvalue weighted by atomic mass is 9.97. The molecule has 10 nitrogen and oxygen atoms in total. The standard InChI is InChI=1S/C29H34ClFN6O4/c1-5-21(38)35-12-13-36-17(14-35)16-41-25-22(28(36)40)27(34-24(23(25)30)18-8-6-7-9-19(18)31)37-15-20(33-11-10-32-4)26(39)29(37,2)3/h5-9,17,20,32-33H,1,10-16H2,2-4H3/t17-,20?/m1/s1. The quantitative estimate of drug-likeness (QED) is 0.377. The van der Waals surface area contributed by atoms with Gasteiger partial charge in [-0.3, -0.25) is 14.4 Å². The molecule has 2 atom stereocenters. The first-order valence-electron chi connectivity index (χ1n) is 13.6. The summed E-state index contributed by atoms with van der Waals surface area (Å²) in [6.45, 7) is 9.54. The van der Waals surface area contributed by atoms with Crippen molar-refractivity contribution < 1.29 is 23.5 Å². The maximum Gasteiger partial charge on any atom is 0.261 e. The molecule has 0 saturated carbocycles. The summed E-state index contributed by atoms with van der Waals surface area (Å²) in [6.07, 6.45) is 1.25. The van der Waals surface area contributed by atoms with E-state index in [2.05, 4.69) is 17.2 Å². The fraction of sp³-hybridized carbons (Fsp3) is 0.448. The van der Waals surface area contributed by atoms with Gasteiger partial charge in [-0.2, -0.15) is 0 Å². The summed E-state index contributed by atoms with van der Waals surface area (Å²) < 4.78 is 21.3. The Kier molecular flexibility index (Phi) is 8.04. The Labute approximate surface area is 243 Å². The van der Waals surface area contributed by atoms with Gasteiger partial charge in [0.2, 0.25) is 5.91 Å². The van der Waals surface area contributed by atoms with Crippen molar-refractivity contribution in [1.29, 1.82) is 0 Å². The van der Waals surface area contributed by atoms with Crippen LogP contribution in [0.3, 0.4) is 0 Å². The number of rotatable bonds is 7. The van der Waals surface area contributed by atoms with Crippen LogP contribution in [0.25, 0.3) is 11.3 Å². The van der Waals surface area contributed by atoms with Gasteiger partial charge in [0.05, 0.1) is 23.3 Å². The number of nitrogens with one attached hydrogen (secondary N) is 2. The third-order valence-electron chi connectivity index (χ3n) is 8.05. The van der Waals surface area contributed by atoms with Crippen LogP contribution in [0.2, 0.25) is 5.02 Å². The maximum absolute atomic E-state index is 15.1. The predicted octanol–water partition coefficient (Wildman–Crippen LogP) is 2.12. The van der Waals surface area contributed by atoms with E-state index in [9.17, 15) is 14.4 Å². The lowest BCUT2D eigenvalue weighted by molar-refractivity contribution is -0.128. The van der Waals surface area contributed by atoms with E-state index in [1.165, 1.54) is 12.1 Å². The largest absolute Gasteiger partial charge is 0.489 e. The fourth-order valence-electron chi connectivity index (χ4n) is 5.74. The molecule has 1 aromatic carbocycles. The summed E-state index contributed by atoms with van der Waals surface area (Å²) in [7, 11) is 1.83. The summed E-state index contributed by atoms with van der Waals surface area (Å²) in [5.41, 5.74) is -0.656. The van der Waals surface area contributed by atoms with Gasteiger partial charge in [0, 0.05) is 44.8 Å². The van der Waals surface area contributed by atoms with Crippen LogP contribution in [0.1, 0.15) is 24.2 Å². The number of carbonyl (C=O) groups is 3. The van der Waals surface area contributed by atoms with E-state index in [-0.39, 0.29) is 77.2 Å². The first-order chi connectivity index (χ1) is 19.6. The van der Waals surface area contributed by atoms with Gasteiger partial charge in [-0.15, -0.1) is 0 Å². The van der Waals surface area contributed by atoms with Gasteiger partial charge in [0.15, 0.2) is 11.5 Å². The van der Waals surface area contributed by atoms with Crippen LogP contribution in [-0.4, -0.2) is 103 Å². The lowest BCUT2D eigenvalue weighted by Crippen LogP contribution is -2.57. The smallest absolute Gasteiger partial charge is 0.261 e. The van der Waals surface area contributed by atoms with E-state index < -0.39 is 23.4 Å². The number of halogens is 2. The molecule has 2 saturated heterocycles. The molecular formula is C29H34ClFN6O4. The number of amides is 2. The van der Waals surface area contributed by atoms with Crippen molar-refractivity contribution in [2.45, 2.75) is 31.5 Å². The number of likely N-dealkylation sites (N-methyl/N-ethyl adjacent to an activating group) is 1.